The van der Waals surface area contributed by atoms with Gasteiger partial charge in [-0.05, 0) is 35.9 Å². The molecule has 1 saturated heterocycles. The van der Waals surface area contributed by atoms with Crippen LogP contribution in [0, 0.1) is 5.82 Å². The van der Waals surface area contributed by atoms with Gasteiger partial charge in [0.05, 0.1) is 24.3 Å². The number of carbonyl (C=O) groups is 2. The van der Waals surface area contributed by atoms with E-state index >= 15 is 0 Å². The first-order valence-corrected chi connectivity index (χ1v) is 9.58. The highest BCUT2D eigenvalue weighted by molar-refractivity contribution is 6.46. The number of Topliss-reactive ketones (excluding diaryl/α,β-unsaturated/α-hetero) is 1. The number of benzene rings is 2. The Balaban J connectivity index is 1.92. The number of carbonyl (C=O) groups excluding carboxylic acids is 2. The van der Waals surface area contributed by atoms with Gasteiger partial charge in [-0.2, -0.15) is 0 Å². The van der Waals surface area contributed by atoms with Crippen LogP contribution in [0.15, 0.2) is 78.6 Å². The van der Waals surface area contributed by atoms with Crippen LogP contribution < -0.4 is 4.74 Å². The molecule has 4 rings (SSSR count). The van der Waals surface area contributed by atoms with Crippen molar-refractivity contribution in [1.29, 1.82) is 0 Å². The number of ether oxygens (including phenoxy) is 1. The molecule has 156 valence electrons. The number of pyridine rings is 1. The summed E-state index contributed by atoms with van der Waals surface area (Å²) in [5, 5.41) is 11.1. The van der Waals surface area contributed by atoms with Crippen molar-refractivity contribution in [3.05, 3.63) is 101 Å². The second-order valence-electron chi connectivity index (χ2n) is 7.00. The second-order valence-corrected chi connectivity index (χ2v) is 7.00. The number of amides is 1. The van der Waals surface area contributed by atoms with Gasteiger partial charge in [0, 0.05) is 24.5 Å². The number of rotatable bonds is 5. The molecule has 2 aromatic carbocycles. The molecule has 0 radical (unpaired) electrons. The van der Waals surface area contributed by atoms with Crippen LogP contribution >= 0.6 is 0 Å². The third-order valence-corrected chi connectivity index (χ3v) is 5.20. The molecule has 1 aromatic heterocycles. The van der Waals surface area contributed by atoms with Gasteiger partial charge in [-0.25, -0.2) is 4.39 Å². The smallest absolute Gasteiger partial charge is 0.295 e. The number of halogens is 1. The average molecular weight is 418 g/mol. The van der Waals surface area contributed by atoms with Crippen molar-refractivity contribution in [2.45, 2.75) is 12.6 Å². The van der Waals surface area contributed by atoms with Gasteiger partial charge in [0.25, 0.3) is 11.7 Å². The highest BCUT2D eigenvalue weighted by Crippen LogP contribution is 2.42. The van der Waals surface area contributed by atoms with Crippen LogP contribution in [-0.2, 0) is 16.1 Å². The lowest BCUT2D eigenvalue weighted by atomic mass is 9.94. The summed E-state index contributed by atoms with van der Waals surface area (Å²) in [6.45, 7) is 0.0504. The first kappa shape index (κ1) is 20.3. The third kappa shape index (κ3) is 3.66. The number of aliphatic hydroxyl groups excluding tert-OH is 1. The topological polar surface area (TPSA) is 79.7 Å². The maximum atomic E-state index is 14.8. The Labute approximate surface area is 178 Å². The van der Waals surface area contributed by atoms with Crippen LogP contribution in [0.3, 0.4) is 0 Å². The molecule has 0 bridgehead atoms. The molecule has 1 aliphatic heterocycles. The fourth-order valence-electron chi connectivity index (χ4n) is 3.73. The summed E-state index contributed by atoms with van der Waals surface area (Å²) < 4.78 is 20.1. The van der Waals surface area contributed by atoms with E-state index in [1.165, 1.54) is 30.2 Å². The number of aliphatic hydroxyl groups is 1. The minimum Gasteiger partial charge on any atom is -0.507 e. The molecule has 1 fully saturated rings. The largest absolute Gasteiger partial charge is 0.507 e. The summed E-state index contributed by atoms with van der Waals surface area (Å²) in [5.74, 6) is -2.37. The van der Waals surface area contributed by atoms with Crippen molar-refractivity contribution in [3.63, 3.8) is 0 Å². The Bertz CT molecular complexity index is 1180. The monoisotopic (exact) mass is 418 g/mol. The first-order valence-electron chi connectivity index (χ1n) is 9.58. The molecule has 1 aliphatic rings. The van der Waals surface area contributed by atoms with Gasteiger partial charge in [0.15, 0.2) is 0 Å². The maximum absolute atomic E-state index is 14.8. The van der Waals surface area contributed by atoms with Gasteiger partial charge in [0.2, 0.25) is 0 Å². The number of hydrogen-bond donors (Lipinski definition) is 1. The highest BCUT2D eigenvalue weighted by atomic mass is 19.1. The lowest BCUT2D eigenvalue weighted by Crippen LogP contribution is -2.29. The Morgan fingerprint density at radius 1 is 1.06 bits per heavy atom. The number of para-hydroxylation sites is 1. The van der Waals surface area contributed by atoms with Gasteiger partial charge < -0.3 is 14.7 Å². The Morgan fingerprint density at radius 3 is 2.45 bits per heavy atom. The fraction of sp³-hybridized carbons (Fsp3) is 0.125. The third-order valence-electron chi connectivity index (χ3n) is 5.20. The standard InChI is InChI=1S/C24H19FN2O4/c1-31-19-9-5-3-7-17(19)22(28)20-21(16-6-2-4-8-18(16)25)27(24(30)23(20)29)14-15-10-12-26-13-11-15/h2-13,21,28H,14H2,1H3/b22-20-. The zero-order chi connectivity index (χ0) is 22.0. The quantitative estimate of drug-likeness (QED) is 0.387. The van der Waals surface area contributed by atoms with Crippen LogP contribution in [0.1, 0.15) is 22.7 Å². The number of ketones is 1. The zero-order valence-electron chi connectivity index (χ0n) is 16.7. The van der Waals surface area contributed by atoms with Crippen LogP contribution in [0.2, 0.25) is 0 Å². The lowest BCUT2D eigenvalue weighted by molar-refractivity contribution is -0.140. The van der Waals surface area contributed by atoms with Gasteiger partial charge in [0.1, 0.15) is 17.3 Å². The minimum atomic E-state index is -1.10. The van der Waals surface area contributed by atoms with Crippen LogP contribution in [0.25, 0.3) is 5.76 Å². The van der Waals surface area contributed by atoms with Gasteiger partial charge in [-0.15, -0.1) is 0 Å². The molecular weight excluding hydrogens is 399 g/mol. The number of methoxy groups -OCH3 is 1. The molecule has 1 amide bonds. The van der Waals surface area contributed by atoms with Gasteiger partial charge >= 0.3 is 0 Å². The molecule has 2 heterocycles. The maximum Gasteiger partial charge on any atom is 0.295 e. The summed E-state index contributed by atoms with van der Waals surface area (Å²) >= 11 is 0. The van der Waals surface area contributed by atoms with Crippen molar-refractivity contribution in [2.75, 3.05) is 7.11 Å². The van der Waals surface area contributed by atoms with E-state index in [0.29, 0.717) is 5.75 Å². The summed E-state index contributed by atoms with van der Waals surface area (Å²) in [6.07, 6.45) is 3.14. The number of likely N-dealkylation sites (tertiary alicyclic amines) is 1. The molecule has 1 unspecified atom stereocenters. The van der Waals surface area contributed by atoms with Crippen LogP contribution in [0.4, 0.5) is 4.39 Å². The summed E-state index contributed by atoms with van der Waals surface area (Å²) in [7, 11) is 1.43. The molecule has 0 spiro atoms. The molecule has 3 aromatic rings. The van der Waals surface area contributed by atoms with Crippen molar-refractivity contribution >= 4 is 17.4 Å². The summed E-state index contributed by atoms with van der Waals surface area (Å²) in [6, 6.07) is 14.8. The Kier molecular flexibility index (Phi) is 5.49. The van der Waals surface area contributed by atoms with Crippen molar-refractivity contribution < 1.29 is 23.8 Å². The van der Waals surface area contributed by atoms with Gasteiger partial charge in [-0.3, -0.25) is 14.6 Å². The first-order chi connectivity index (χ1) is 15.0. The molecule has 6 nitrogen and oxygen atoms in total. The van der Waals surface area contributed by atoms with Gasteiger partial charge in [-0.1, -0.05) is 30.3 Å². The molecule has 0 saturated carbocycles. The second kappa shape index (κ2) is 8.39. The van der Waals surface area contributed by atoms with Crippen molar-refractivity contribution in [3.8, 4) is 5.75 Å². The van der Waals surface area contributed by atoms with E-state index in [2.05, 4.69) is 4.98 Å². The number of aromatic nitrogens is 1. The SMILES string of the molecule is COc1ccccc1/C(O)=C1/C(=O)C(=O)N(Cc2ccncc2)C1c1ccccc1F. The Morgan fingerprint density at radius 2 is 1.74 bits per heavy atom. The normalized spacial score (nSPS) is 17.7. The van der Waals surface area contributed by atoms with E-state index in [0.717, 1.165) is 5.56 Å². The molecule has 1 N–H and O–H groups in total. The molecule has 0 aliphatic carbocycles. The van der Waals surface area contributed by atoms with E-state index < -0.39 is 29.3 Å². The van der Waals surface area contributed by atoms with E-state index in [9.17, 15) is 19.1 Å². The Hall–Kier alpha value is -4.00. The number of nitrogens with zero attached hydrogens (tertiary/aromatic N) is 2. The molecule has 1 atom stereocenters. The fourth-order valence-corrected chi connectivity index (χ4v) is 3.73. The molecule has 7 heteroatoms. The van der Waals surface area contributed by atoms with Crippen molar-refractivity contribution in [1.82, 2.24) is 9.88 Å². The zero-order valence-corrected chi connectivity index (χ0v) is 16.7. The van der Waals surface area contributed by atoms with E-state index in [-0.39, 0.29) is 23.2 Å². The predicted molar refractivity (Wildman–Crippen MR) is 111 cm³/mol. The van der Waals surface area contributed by atoms with E-state index in [1.807, 2.05) is 0 Å². The minimum absolute atomic E-state index is 0.0504. The summed E-state index contributed by atoms with van der Waals surface area (Å²) in [5.41, 5.74) is 0.893. The van der Waals surface area contributed by atoms with Crippen LogP contribution in [0.5, 0.6) is 5.75 Å². The number of hydrogen-bond acceptors (Lipinski definition) is 5. The van der Waals surface area contributed by atoms with Crippen LogP contribution in [-0.4, -0.2) is 33.8 Å². The average Bonchev–Trinajstić information content (AvgIpc) is 3.04. The predicted octanol–water partition coefficient (Wildman–Crippen LogP) is 3.85. The van der Waals surface area contributed by atoms with E-state index in [4.69, 9.17) is 4.74 Å². The van der Waals surface area contributed by atoms with Crippen molar-refractivity contribution in [2.24, 2.45) is 0 Å². The molecular formula is C24H19FN2O4. The summed E-state index contributed by atoms with van der Waals surface area (Å²) in [4.78, 5) is 31.2. The van der Waals surface area contributed by atoms with E-state index in [1.54, 1.807) is 54.9 Å². The lowest BCUT2D eigenvalue weighted by Gasteiger charge is -2.25. The highest BCUT2D eigenvalue weighted by Gasteiger charge is 2.47. The molecule has 31 heavy (non-hydrogen) atoms.